The summed E-state index contributed by atoms with van der Waals surface area (Å²) in [6.07, 6.45) is 0.421. The first-order chi connectivity index (χ1) is 5.56. The van der Waals surface area contributed by atoms with Crippen molar-refractivity contribution in [2.75, 3.05) is 19.5 Å². The van der Waals surface area contributed by atoms with Crippen LogP contribution in [-0.4, -0.2) is 46.2 Å². The third kappa shape index (κ3) is 2.16. The molecule has 0 aromatic rings. The molecule has 0 aromatic carbocycles. The Morgan fingerprint density at radius 3 is 2.00 bits per heavy atom. The van der Waals surface area contributed by atoms with Gasteiger partial charge in [0.2, 0.25) is 0 Å². The van der Waals surface area contributed by atoms with Crippen LogP contribution in [-0.2, 0) is 23.8 Å². The summed E-state index contributed by atoms with van der Waals surface area (Å²) in [6.45, 7) is 1.14. The average Bonchev–Trinajstić information content (AvgIpc) is 2.78. The van der Waals surface area contributed by atoms with Crippen molar-refractivity contribution in [2.45, 2.75) is 18.3 Å². The first kappa shape index (κ1) is 8.43. The predicted molar refractivity (Wildman–Crippen MR) is 39.2 cm³/mol. The molecule has 12 heavy (non-hydrogen) atoms. The van der Waals surface area contributed by atoms with E-state index in [4.69, 9.17) is 13.7 Å². The summed E-state index contributed by atoms with van der Waals surface area (Å²) in [6, 6.07) is 0. The fourth-order valence-electron chi connectivity index (χ4n) is 1.06. The van der Waals surface area contributed by atoms with Crippen LogP contribution >= 0.6 is 0 Å². The second-order valence-corrected chi connectivity index (χ2v) is 4.61. The van der Waals surface area contributed by atoms with Crippen LogP contribution in [0.25, 0.3) is 0 Å². The van der Waals surface area contributed by atoms with Crippen molar-refractivity contribution in [2.24, 2.45) is 0 Å². The largest absolute Gasteiger partial charge is 0.370 e. The Morgan fingerprint density at radius 2 is 1.75 bits per heavy atom. The average molecular weight is 194 g/mol. The molecule has 6 heteroatoms. The minimum atomic E-state index is -3.39. The lowest BCUT2D eigenvalue weighted by Crippen LogP contribution is -2.28. The number of epoxide rings is 2. The van der Waals surface area contributed by atoms with E-state index in [1.165, 1.54) is 0 Å². The molecule has 0 aromatic heterocycles. The maximum atomic E-state index is 10.8. The van der Waals surface area contributed by atoms with Crippen molar-refractivity contribution in [1.82, 2.24) is 0 Å². The highest BCUT2D eigenvalue weighted by Crippen LogP contribution is 2.28. The number of rotatable bonds is 4. The number of hydrogen-bond donors (Lipinski definition) is 0. The van der Waals surface area contributed by atoms with Crippen LogP contribution in [0.4, 0.5) is 0 Å². The molecule has 70 valence electrons. The first-order valence-electron chi connectivity index (χ1n) is 3.68. The maximum absolute atomic E-state index is 10.8. The van der Waals surface area contributed by atoms with Crippen molar-refractivity contribution in [3.8, 4) is 0 Å². The lowest BCUT2D eigenvalue weighted by Gasteiger charge is -2.09. The summed E-state index contributed by atoms with van der Waals surface area (Å²) >= 11 is 0. The highest BCUT2D eigenvalue weighted by Gasteiger charge is 2.47. The highest BCUT2D eigenvalue weighted by atomic mass is 32.2. The molecule has 0 saturated carbocycles. The summed E-state index contributed by atoms with van der Waals surface area (Å²) in [5, 5.41) is 0. The molecule has 5 nitrogen and oxygen atoms in total. The van der Waals surface area contributed by atoms with Crippen molar-refractivity contribution in [3.63, 3.8) is 0 Å². The summed E-state index contributed by atoms with van der Waals surface area (Å²) in [5.41, 5.74) is 0. The van der Waals surface area contributed by atoms with Crippen molar-refractivity contribution >= 4 is 10.1 Å². The zero-order valence-corrected chi connectivity index (χ0v) is 7.41. The Bertz CT molecular complexity index is 252. The van der Waals surface area contributed by atoms with Gasteiger partial charge in [0.15, 0.2) is 0 Å². The van der Waals surface area contributed by atoms with Crippen molar-refractivity contribution in [1.29, 1.82) is 0 Å². The molecular formula is C6H10O5S. The van der Waals surface area contributed by atoms with Gasteiger partial charge in [0.1, 0.15) is 18.3 Å². The van der Waals surface area contributed by atoms with Gasteiger partial charge in [-0.15, -0.1) is 0 Å². The van der Waals surface area contributed by atoms with Crippen LogP contribution in [0.15, 0.2) is 0 Å². The van der Waals surface area contributed by atoms with E-state index in [0.29, 0.717) is 13.2 Å². The maximum Gasteiger partial charge on any atom is 0.264 e. The number of ether oxygens (including phenoxy) is 2. The molecule has 0 radical (unpaired) electrons. The normalized spacial score (nSPS) is 36.1. The Labute approximate surface area is 70.7 Å². The molecule has 0 aliphatic carbocycles. The van der Waals surface area contributed by atoms with Gasteiger partial charge in [0, 0.05) is 0 Å². The van der Waals surface area contributed by atoms with Gasteiger partial charge in [-0.1, -0.05) is 0 Å². The zero-order chi connectivity index (χ0) is 8.77. The molecule has 2 fully saturated rings. The Balaban J connectivity index is 1.96. The summed E-state index contributed by atoms with van der Waals surface area (Å²) < 4.78 is 36.3. The van der Waals surface area contributed by atoms with Crippen LogP contribution in [0, 0.1) is 0 Å². The predicted octanol–water partition coefficient (Wildman–Crippen LogP) is -0.871. The molecule has 2 unspecified atom stereocenters. The highest BCUT2D eigenvalue weighted by molar-refractivity contribution is 7.86. The minimum Gasteiger partial charge on any atom is -0.370 e. The van der Waals surface area contributed by atoms with E-state index in [0.717, 1.165) is 6.26 Å². The molecule has 0 spiro atoms. The molecule has 2 aliphatic rings. The zero-order valence-electron chi connectivity index (χ0n) is 6.60. The minimum absolute atomic E-state index is 0.0905. The molecule has 2 heterocycles. The fraction of sp³-hybridized carbons (Fsp3) is 1.00. The lowest BCUT2D eigenvalue weighted by atomic mass is 10.2. The van der Waals surface area contributed by atoms with Crippen molar-refractivity contribution < 1.29 is 22.1 Å². The van der Waals surface area contributed by atoms with Gasteiger partial charge >= 0.3 is 0 Å². The second kappa shape index (κ2) is 2.66. The van der Waals surface area contributed by atoms with Gasteiger partial charge in [0.05, 0.1) is 19.5 Å². The van der Waals surface area contributed by atoms with Gasteiger partial charge in [-0.05, 0) is 0 Å². The Morgan fingerprint density at radius 1 is 1.33 bits per heavy atom. The number of hydrogen-bond acceptors (Lipinski definition) is 5. The molecule has 2 atom stereocenters. The van der Waals surface area contributed by atoms with Crippen LogP contribution in [0.2, 0.25) is 0 Å². The topological polar surface area (TPSA) is 68.4 Å². The molecule has 2 rings (SSSR count). The Hall–Kier alpha value is -0.170. The quantitative estimate of drug-likeness (QED) is 0.430. The van der Waals surface area contributed by atoms with E-state index in [9.17, 15) is 8.42 Å². The van der Waals surface area contributed by atoms with Crippen LogP contribution < -0.4 is 0 Å². The Kier molecular flexibility index (Phi) is 1.87. The van der Waals surface area contributed by atoms with Crippen LogP contribution in [0.1, 0.15) is 0 Å². The van der Waals surface area contributed by atoms with Crippen LogP contribution in [0.5, 0.6) is 0 Å². The van der Waals surface area contributed by atoms with E-state index in [1.807, 2.05) is 0 Å². The standard InChI is InChI=1S/C6H10O5S/c1-12(7,8)11-6(4-2-9-4)5-3-10-5/h4-6H,2-3H2,1H3. The van der Waals surface area contributed by atoms with E-state index in [2.05, 4.69) is 0 Å². The third-order valence-electron chi connectivity index (χ3n) is 1.74. The van der Waals surface area contributed by atoms with E-state index >= 15 is 0 Å². The summed E-state index contributed by atoms with van der Waals surface area (Å²) in [7, 11) is -3.39. The third-order valence-corrected chi connectivity index (χ3v) is 2.31. The molecule has 0 N–H and O–H groups in total. The second-order valence-electron chi connectivity index (χ2n) is 3.01. The van der Waals surface area contributed by atoms with Crippen LogP contribution in [0.3, 0.4) is 0 Å². The molecular weight excluding hydrogens is 184 g/mol. The van der Waals surface area contributed by atoms with Gasteiger partial charge in [-0.3, -0.25) is 4.18 Å². The lowest BCUT2D eigenvalue weighted by molar-refractivity contribution is 0.133. The van der Waals surface area contributed by atoms with Gasteiger partial charge in [-0.25, -0.2) is 0 Å². The van der Waals surface area contributed by atoms with Gasteiger partial charge in [0.25, 0.3) is 10.1 Å². The summed E-state index contributed by atoms with van der Waals surface area (Å²) in [5.74, 6) is 0. The van der Waals surface area contributed by atoms with E-state index in [1.54, 1.807) is 0 Å². The van der Waals surface area contributed by atoms with Gasteiger partial charge < -0.3 is 9.47 Å². The fourth-order valence-corrected chi connectivity index (χ4v) is 1.71. The molecule has 2 saturated heterocycles. The monoisotopic (exact) mass is 194 g/mol. The smallest absolute Gasteiger partial charge is 0.264 e. The molecule has 0 amide bonds. The molecule has 2 aliphatic heterocycles. The molecule has 0 bridgehead atoms. The summed E-state index contributed by atoms with van der Waals surface area (Å²) in [4.78, 5) is 0. The van der Waals surface area contributed by atoms with Gasteiger partial charge in [-0.2, -0.15) is 8.42 Å². The van der Waals surface area contributed by atoms with E-state index in [-0.39, 0.29) is 12.2 Å². The van der Waals surface area contributed by atoms with E-state index < -0.39 is 16.2 Å². The first-order valence-corrected chi connectivity index (χ1v) is 5.49. The van der Waals surface area contributed by atoms with Crippen molar-refractivity contribution in [3.05, 3.63) is 0 Å². The SMILES string of the molecule is CS(=O)(=O)OC(C1CO1)C1CO1.